The summed E-state index contributed by atoms with van der Waals surface area (Å²) < 4.78 is 2.89. The number of nitrogens with zero attached hydrogens (tertiary/aromatic N) is 4. The fraction of sp³-hybridized carbons (Fsp3) is 0.143. The maximum Gasteiger partial charge on any atom is 0.275 e. The summed E-state index contributed by atoms with van der Waals surface area (Å²) in [5.41, 5.74) is 2.80. The Bertz CT molecular complexity index is 1270. The first-order valence-corrected chi connectivity index (χ1v) is 9.39. The van der Waals surface area contributed by atoms with Crippen LogP contribution in [0.25, 0.3) is 17.2 Å². The van der Waals surface area contributed by atoms with Crippen molar-refractivity contribution in [1.29, 1.82) is 0 Å². The average molecular weight is 408 g/mol. The molecule has 0 unspecified atom stereocenters. The number of carbonyl (C=O) groups is 1. The van der Waals surface area contributed by atoms with Crippen LogP contribution in [0.15, 0.2) is 59.4 Å². The second kappa shape index (κ2) is 7.52. The van der Waals surface area contributed by atoms with Gasteiger partial charge in [-0.15, -0.1) is 5.10 Å². The Kier molecular flexibility index (Phi) is 4.90. The van der Waals surface area contributed by atoms with Crippen LogP contribution in [0.2, 0.25) is 5.02 Å². The first-order chi connectivity index (χ1) is 13.9. The molecule has 4 aromatic rings. The number of aromatic nitrogens is 4. The standard InChI is InChI=1S/C21H18ClN5O2/c1-13-5-3-4-6-17(13)20-24-21-26(14(2)11-19(29)27(21)25-20)12-18(28)23-16-9-7-15(22)8-10-16/h3-11H,12H2,1-2H3,(H,23,28). The second-order valence-corrected chi connectivity index (χ2v) is 7.16. The van der Waals surface area contributed by atoms with Gasteiger partial charge in [-0.25, -0.2) is 0 Å². The van der Waals surface area contributed by atoms with Crippen molar-refractivity contribution in [3.63, 3.8) is 0 Å². The molecule has 0 saturated carbocycles. The molecule has 4 rings (SSSR count). The zero-order valence-electron chi connectivity index (χ0n) is 15.9. The van der Waals surface area contributed by atoms with Crippen LogP contribution < -0.4 is 10.9 Å². The third-order valence-electron chi connectivity index (χ3n) is 4.61. The molecule has 8 heteroatoms. The zero-order valence-corrected chi connectivity index (χ0v) is 16.6. The minimum Gasteiger partial charge on any atom is -0.325 e. The number of hydrogen-bond acceptors (Lipinski definition) is 4. The summed E-state index contributed by atoms with van der Waals surface area (Å²) in [4.78, 5) is 29.6. The van der Waals surface area contributed by atoms with E-state index in [0.717, 1.165) is 11.1 Å². The molecule has 1 amide bonds. The summed E-state index contributed by atoms with van der Waals surface area (Å²) in [5.74, 6) is 0.513. The van der Waals surface area contributed by atoms with Gasteiger partial charge in [0.1, 0.15) is 6.54 Å². The molecular weight excluding hydrogens is 390 g/mol. The molecule has 146 valence electrons. The van der Waals surface area contributed by atoms with Crippen LogP contribution in [-0.4, -0.2) is 25.1 Å². The van der Waals surface area contributed by atoms with Crippen molar-refractivity contribution in [3.05, 3.63) is 81.2 Å². The molecule has 2 aromatic heterocycles. The van der Waals surface area contributed by atoms with Crippen molar-refractivity contribution in [1.82, 2.24) is 19.2 Å². The molecule has 0 radical (unpaired) electrons. The van der Waals surface area contributed by atoms with Gasteiger partial charge in [0.2, 0.25) is 11.7 Å². The van der Waals surface area contributed by atoms with Gasteiger partial charge in [0.25, 0.3) is 5.56 Å². The summed E-state index contributed by atoms with van der Waals surface area (Å²) >= 11 is 5.88. The van der Waals surface area contributed by atoms with Gasteiger partial charge in [0.05, 0.1) is 0 Å². The Morgan fingerprint density at radius 3 is 2.55 bits per heavy atom. The lowest BCUT2D eigenvalue weighted by molar-refractivity contribution is -0.116. The summed E-state index contributed by atoms with van der Waals surface area (Å²) in [5, 5.41) is 7.78. The minimum atomic E-state index is -0.292. The molecular formula is C21H18ClN5O2. The third-order valence-corrected chi connectivity index (χ3v) is 4.87. The summed E-state index contributed by atoms with van der Waals surface area (Å²) in [6.07, 6.45) is 0. The van der Waals surface area contributed by atoms with Gasteiger partial charge in [-0.1, -0.05) is 35.9 Å². The lowest BCUT2D eigenvalue weighted by atomic mass is 10.1. The van der Waals surface area contributed by atoms with E-state index >= 15 is 0 Å². The van der Waals surface area contributed by atoms with E-state index in [-0.39, 0.29) is 18.0 Å². The first-order valence-electron chi connectivity index (χ1n) is 9.01. The molecule has 2 heterocycles. The number of amides is 1. The quantitative estimate of drug-likeness (QED) is 0.561. The summed E-state index contributed by atoms with van der Waals surface area (Å²) in [7, 11) is 0. The monoisotopic (exact) mass is 407 g/mol. The minimum absolute atomic E-state index is 0.00978. The lowest BCUT2D eigenvalue weighted by Crippen LogP contribution is -2.25. The van der Waals surface area contributed by atoms with E-state index in [1.165, 1.54) is 10.6 Å². The number of aryl methyl sites for hydroxylation is 2. The van der Waals surface area contributed by atoms with E-state index in [2.05, 4.69) is 15.4 Å². The molecule has 2 aromatic carbocycles. The molecule has 1 N–H and O–H groups in total. The normalized spacial score (nSPS) is 11.0. The van der Waals surface area contributed by atoms with Gasteiger partial charge < -0.3 is 9.88 Å². The Hall–Kier alpha value is -3.45. The number of carbonyl (C=O) groups excluding carboxylic acids is 1. The van der Waals surface area contributed by atoms with Gasteiger partial charge in [-0.2, -0.15) is 9.50 Å². The summed E-state index contributed by atoms with van der Waals surface area (Å²) in [6, 6.07) is 16.0. The van der Waals surface area contributed by atoms with Crippen LogP contribution in [0.1, 0.15) is 11.3 Å². The molecule has 0 bridgehead atoms. The number of fused-ring (bicyclic) bond motifs is 1. The highest BCUT2D eigenvalue weighted by atomic mass is 35.5. The maximum atomic E-state index is 12.6. The number of nitrogens with one attached hydrogen (secondary N) is 1. The van der Waals surface area contributed by atoms with Gasteiger partial charge in [-0.3, -0.25) is 9.59 Å². The lowest BCUT2D eigenvalue weighted by Gasteiger charge is -2.11. The van der Waals surface area contributed by atoms with E-state index < -0.39 is 0 Å². The highest BCUT2D eigenvalue weighted by Gasteiger charge is 2.16. The predicted octanol–water partition coefficient (Wildman–Crippen LogP) is 3.47. The van der Waals surface area contributed by atoms with E-state index in [1.54, 1.807) is 35.8 Å². The summed E-state index contributed by atoms with van der Waals surface area (Å²) in [6.45, 7) is 3.71. The van der Waals surface area contributed by atoms with Crippen LogP contribution in [0, 0.1) is 13.8 Å². The average Bonchev–Trinajstić information content (AvgIpc) is 3.13. The fourth-order valence-corrected chi connectivity index (χ4v) is 3.24. The molecule has 0 aliphatic carbocycles. The molecule has 29 heavy (non-hydrogen) atoms. The molecule has 0 aliphatic heterocycles. The molecule has 0 fully saturated rings. The predicted molar refractivity (Wildman–Crippen MR) is 112 cm³/mol. The second-order valence-electron chi connectivity index (χ2n) is 6.73. The number of hydrogen-bond donors (Lipinski definition) is 1. The SMILES string of the molecule is Cc1ccccc1-c1nc2n(CC(=O)Nc3ccc(Cl)cc3)c(C)cc(=O)n2n1. The van der Waals surface area contributed by atoms with Gasteiger partial charge in [0.15, 0.2) is 5.82 Å². The highest BCUT2D eigenvalue weighted by molar-refractivity contribution is 6.30. The topological polar surface area (TPSA) is 81.3 Å². The van der Waals surface area contributed by atoms with Crippen LogP contribution in [0.5, 0.6) is 0 Å². The molecule has 0 saturated heterocycles. The van der Waals surface area contributed by atoms with Crippen LogP contribution in [-0.2, 0) is 11.3 Å². The molecule has 0 atom stereocenters. The molecule has 7 nitrogen and oxygen atoms in total. The zero-order chi connectivity index (χ0) is 20.5. The van der Waals surface area contributed by atoms with Crippen LogP contribution in [0.3, 0.4) is 0 Å². The number of anilines is 1. The largest absolute Gasteiger partial charge is 0.325 e. The van der Waals surface area contributed by atoms with Gasteiger partial charge in [-0.05, 0) is 43.7 Å². The van der Waals surface area contributed by atoms with Crippen LogP contribution >= 0.6 is 11.6 Å². The molecule has 0 aliphatic rings. The van der Waals surface area contributed by atoms with E-state index in [0.29, 0.717) is 28.0 Å². The first kappa shape index (κ1) is 18.9. The van der Waals surface area contributed by atoms with Crippen molar-refractivity contribution in [2.75, 3.05) is 5.32 Å². The maximum absolute atomic E-state index is 12.6. The third kappa shape index (κ3) is 3.77. The van der Waals surface area contributed by atoms with Gasteiger partial charge in [0, 0.05) is 28.0 Å². The number of halogens is 1. The van der Waals surface area contributed by atoms with Crippen molar-refractivity contribution >= 4 is 29.0 Å². The smallest absolute Gasteiger partial charge is 0.275 e. The van der Waals surface area contributed by atoms with Crippen molar-refractivity contribution in [2.24, 2.45) is 0 Å². The van der Waals surface area contributed by atoms with Crippen molar-refractivity contribution < 1.29 is 4.79 Å². The Balaban J connectivity index is 1.72. The van der Waals surface area contributed by atoms with E-state index in [1.807, 2.05) is 31.2 Å². The van der Waals surface area contributed by atoms with Crippen LogP contribution in [0.4, 0.5) is 5.69 Å². The Morgan fingerprint density at radius 2 is 1.83 bits per heavy atom. The van der Waals surface area contributed by atoms with E-state index in [4.69, 9.17) is 11.6 Å². The van der Waals surface area contributed by atoms with E-state index in [9.17, 15) is 9.59 Å². The Morgan fingerprint density at radius 1 is 1.10 bits per heavy atom. The van der Waals surface area contributed by atoms with Crippen molar-refractivity contribution in [2.45, 2.75) is 20.4 Å². The highest BCUT2D eigenvalue weighted by Crippen LogP contribution is 2.20. The Labute approximate surface area is 171 Å². The number of benzene rings is 2. The fourth-order valence-electron chi connectivity index (χ4n) is 3.11. The molecule has 0 spiro atoms. The van der Waals surface area contributed by atoms with Crippen molar-refractivity contribution in [3.8, 4) is 11.4 Å². The van der Waals surface area contributed by atoms with Gasteiger partial charge >= 0.3 is 0 Å². The number of rotatable bonds is 4.